The highest BCUT2D eigenvalue weighted by Gasteiger charge is 2.24. The van der Waals surface area contributed by atoms with E-state index in [0.29, 0.717) is 0 Å². The van der Waals surface area contributed by atoms with Crippen molar-refractivity contribution in [2.75, 3.05) is 0 Å². The third-order valence-corrected chi connectivity index (χ3v) is 4.07. The highest BCUT2D eigenvalue weighted by molar-refractivity contribution is 14.1. The predicted octanol–water partition coefficient (Wildman–Crippen LogP) is 4.03. The summed E-state index contributed by atoms with van der Waals surface area (Å²) in [7, 11) is 0. The third kappa shape index (κ3) is 2.92. The largest absolute Gasteiger partial charge is 0.0826 e. The Labute approximate surface area is 84.3 Å². The van der Waals surface area contributed by atoms with Gasteiger partial charge in [0.2, 0.25) is 0 Å². The molecule has 0 N–H and O–H groups in total. The molecule has 0 radical (unpaired) electrons. The first-order valence-electron chi connectivity index (χ1n) is 4.88. The van der Waals surface area contributed by atoms with E-state index in [0.717, 1.165) is 15.8 Å². The van der Waals surface area contributed by atoms with Gasteiger partial charge in [0.05, 0.1) is 0 Å². The summed E-state index contributed by atoms with van der Waals surface area (Å²) < 4.78 is 0.968. The molecule has 1 fully saturated rings. The van der Waals surface area contributed by atoms with Crippen LogP contribution in [-0.4, -0.2) is 3.92 Å². The van der Waals surface area contributed by atoms with Crippen LogP contribution < -0.4 is 0 Å². The molecule has 0 aromatic heterocycles. The SMILES string of the molecule is CCCC1CCC(I)CC1C. The molecule has 11 heavy (non-hydrogen) atoms. The summed E-state index contributed by atoms with van der Waals surface area (Å²) in [5, 5.41) is 0. The van der Waals surface area contributed by atoms with E-state index >= 15 is 0 Å². The Kier molecular flexibility index (Phi) is 4.18. The van der Waals surface area contributed by atoms with Gasteiger partial charge in [-0.2, -0.15) is 0 Å². The summed E-state index contributed by atoms with van der Waals surface area (Å²) >= 11 is 2.61. The number of alkyl halides is 1. The summed E-state index contributed by atoms with van der Waals surface area (Å²) in [4.78, 5) is 0. The summed E-state index contributed by atoms with van der Waals surface area (Å²) in [5.74, 6) is 2.04. The van der Waals surface area contributed by atoms with Crippen molar-refractivity contribution >= 4 is 22.6 Å². The van der Waals surface area contributed by atoms with E-state index in [1.807, 2.05) is 0 Å². The molecule has 1 heteroatoms. The Morgan fingerprint density at radius 3 is 2.64 bits per heavy atom. The average molecular weight is 266 g/mol. The first-order valence-corrected chi connectivity index (χ1v) is 6.12. The van der Waals surface area contributed by atoms with Crippen LogP contribution in [0.4, 0.5) is 0 Å². The van der Waals surface area contributed by atoms with Gasteiger partial charge in [-0.05, 0) is 31.1 Å². The van der Waals surface area contributed by atoms with Gasteiger partial charge in [0, 0.05) is 3.92 Å². The van der Waals surface area contributed by atoms with Crippen LogP contribution in [0.2, 0.25) is 0 Å². The predicted molar refractivity (Wildman–Crippen MR) is 59.2 cm³/mol. The Morgan fingerprint density at radius 1 is 1.36 bits per heavy atom. The molecule has 0 aromatic rings. The van der Waals surface area contributed by atoms with Gasteiger partial charge in [0.25, 0.3) is 0 Å². The van der Waals surface area contributed by atoms with Crippen molar-refractivity contribution in [3.8, 4) is 0 Å². The van der Waals surface area contributed by atoms with Gasteiger partial charge < -0.3 is 0 Å². The van der Waals surface area contributed by atoms with Crippen LogP contribution in [0.3, 0.4) is 0 Å². The average Bonchev–Trinajstić information content (AvgIpc) is 1.95. The summed E-state index contributed by atoms with van der Waals surface area (Å²) in [6.45, 7) is 4.74. The molecule has 1 aliphatic carbocycles. The molecule has 0 bridgehead atoms. The molecule has 0 amide bonds. The molecule has 1 aliphatic rings. The lowest BCUT2D eigenvalue weighted by molar-refractivity contribution is 0.250. The molecular formula is C10H19I. The molecule has 3 atom stereocenters. The van der Waals surface area contributed by atoms with Gasteiger partial charge in [-0.15, -0.1) is 0 Å². The number of hydrogen-bond acceptors (Lipinski definition) is 0. The highest BCUT2D eigenvalue weighted by Crippen LogP contribution is 2.35. The fourth-order valence-electron chi connectivity index (χ4n) is 2.19. The van der Waals surface area contributed by atoms with Gasteiger partial charge in [0.1, 0.15) is 0 Å². The second kappa shape index (κ2) is 4.68. The van der Waals surface area contributed by atoms with E-state index in [1.54, 1.807) is 0 Å². The molecule has 0 nitrogen and oxygen atoms in total. The van der Waals surface area contributed by atoms with Crippen LogP contribution in [0.5, 0.6) is 0 Å². The molecule has 0 spiro atoms. The molecule has 66 valence electrons. The molecule has 1 saturated carbocycles. The van der Waals surface area contributed by atoms with Gasteiger partial charge >= 0.3 is 0 Å². The summed E-state index contributed by atoms with van der Waals surface area (Å²) in [6, 6.07) is 0. The monoisotopic (exact) mass is 266 g/mol. The van der Waals surface area contributed by atoms with Gasteiger partial charge in [-0.1, -0.05) is 49.3 Å². The Bertz CT molecular complexity index is 111. The highest BCUT2D eigenvalue weighted by atomic mass is 127. The topological polar surface area (TPSA) is 0 Å². The maximum absolute atomic E-state index is 2.61. The number of hydrogen-bond donors (Lipinski definition) is 0. The maximum atomic E-state index is 2.61. The minimum Gasteiger partial charge on any atom is -0.0826 e. The first kappa shape index (κ1) is 9.82. The van der Waals surface area contributed by atoms with Crippen molar-refractivity contribution in [2.45, 2.75) is 49.9 Å². The summed E-state index contributed by atoms with van der Waals surface area (Å²) in [6.07, 6.45) is 7.26. The van der Waals surface area contributed by atoms with Crippen molar-refractivity contribution in [1.29, 1.82) is 0 Å². The lowest BCUT2D eigenvalue weighted by Gasteiger charge is -2.31. The van der Waals surface area contributed by atoms with Crippen molar-refractivity contribution in [3.63, 3.8) is 0 Å². The van der Waals surface area contributed by atoms with E-state index in [9.17, 15) is 0 Å². The number of rotatable bonds is 2. The van der Waals surface area contributed by atoms with E-state index in [1.165, 1.54) is 32.1 Å². The van der Waals surface area contributed by atoms with Crippen LogP contribution in [-0.2, 0) is 0 Å². The Hall–Kier alpha value is 0.730. The third-order valence-electron chi connectivity index (χ3n) is 2.94. The molecule has 0 aliphatic heterocycles. The van der Waals surface area contributed by atoms with Crippen LogP contribution in [0.15, 0.2) is 0 Å². The van der Waals surface area contributed by atoms with Crippen molar-refractivity contribution in [3.05, 3.63) is 0 Å². The number of halogens is 1. The fourth-order valence-corrected chi connectivity index (χ4v) is 3.35. The lowest BCUT2D eigenvalue weighted by Crippen LogP contribution is -2.22. The Balaban J connectivity index is 2.31. The lowest BCUT2D eigenvalue weighted by atomic mass is 9.78. The van der Waals surface area contributed by atoms with Crippen LogP contribution in [0.25, 0.3) is 0 Å². The second-order valence-corrected chi connectivity index (χ2v) is 5.70. The minimum atomic E-state index is 0.968. The van der Waals surface area contributed by atoms with Gasteiger partial charge in [0.15, 0.2) is 0 Å². The first-order chi connectivity index (χ1) is 5.24. The van der Waals surface area contributed by atoms with E-state index in [2.05, 4.69) is 36.4 Å². The minimum absolute atomic E-state index is 0.968. The normalized spacial score (nSPS) is 39.0. The van der Waals surface area contributed by atoms with Gasteiger partial charge in [-0.3, -0.25) is 0 Å². The molecule has 3 unspecified atom stereocenters. The molecule has 0 aromatic carbocycles. The van der Waals surface area contributed by atoms with E-state index < -0.39 is 0 Å². The fraction of sp³-hybridized carbons (Fsp3) is 1.00. The van der Waals surface area contributed by atoms with Crippen LogP contribution >= 0.6 is 22.6 Å². The second-order valence-electron chi connectivity index (χ2n) is 3.94. The molecular weight excluding hydrogens is 247 g/mol. The van der Waals surface area contributed by atoms with E-state index in [4.69, 9.17) is 0 Å². The quantitative estimate of drug-likeness (QED) is 0.523. The molecule has 0 saturated heterocycles. The summed E-state index contributed by atoms with van der Waals surface area (Å²) in [5.41, 5.74) is 0. The van der Waals surface area contributed by atoms with Crippen molar-refractivity contribution in [1.82, 2.24) is 0 Å². The van der Waals surface area contributed by atoms with Crippen LogP contribution in [0, 0.1) is 11.8 Å². The standard InChI is InChI=1S/C10H19I/c1-3-4-9-5-6-10(11)7-8(9)2/h8-10H,3-7H2,1-2H3. The zero-order valence-corrected chi connectivity index (χ0v) is 9.80. The smallest absolute Gasteiger partial charge is 0.0112 e. The zero-order chi connectivity index (χ0) is 8.27. The Morgan fingerprint density at radius 2 is 2.09 bits per heavy atom. The molecule has 0 heterocycles. The van der Waals surface area contributed by atoms with Crippen LogP contribution in [0.1, 0.15) is 46.0 Å². The molecule has 1 rings (SSSR count). The maximum Gasteiger partial charge on any atom is 0.0112 e. The van der Waals surface area contributed by atoms with E-state index in [-0.39, 0.29) is 0 Å². The van der Waals surface area contributed by atoms with Crippen molar-refractivity contribution < 1.29 is 0 Å². The van der Waals surface area contributed by atoms with Gasteiger partial charge in [-0.25, -0.2) is 0 Å². The van der Waals surface area contributed by atoms with Crippen molar-refractivity contribution in [2.24, 2.45) is 11.8 Å². The zero-order valence-electron chi connectivity index (χ0n) is 7.65.